The largest absolute Gasteiger partial charge is 0.310 e. The van der Waals surface area contributed by atoms with E-state index >= 15 is 0 Å². The van der Waals surface area contributed by atoms with E-state index in [4.69, 9.17) is 0 Å². The molecule has 2 aromatic heterocycles. The van der Waals surface area contributed by atoms with Gasteiger partial charge in [0.1, 0.15) is 0 Å². The lowest BCUT2D eigenvalue weighted by molar-refractivity contribution is 1.18. The Kier molecular flexibility index (Phi) is 9.40. The lowest BCUT2D eigenvalue weighted by atomic mass is 9.95. The van der Waals surface area contributed by atoms with Gasteiger partial charge in [-0.1, -0.05) is 188 Å². The van der Waals surface area contributed by atoms with Crippen LogP contribution in [-0.2, 0) is 0 Å². The van der Waals surface area contributed by atoms with Crippen LogP contribution in [0.15, 0.2) is 255 Å². The summed E-state index contributed by atoms with van der Waals surface area (Å²) < 4.78 is 4.99. The van der Waals surface area contributed by atoms with Crippen molar-refractivity contribution in [2.24, 2.45) is 0 Å². The Labute approximate surface area is 393 Å². The number of rotatable bonds is 8. The molecule has 3 heteroatoms. The zero-order chi connectivity index (χ0) is 44.3. The number of nitrogens with zero attached hydrogens (tertiary/aromatic N) is 2. The van der Waals surface area contributed by atoms with E-state index < -0.39 is 0 Å². The maximum atomic E-state index is 2.44. The van der Waals surface area contributed by atoms with Crippen LogP contribution in [0.25, 0.3) is 103 Å². The smallest absolute Gasteiger partial charge is 0.0541 e. The number of aromatic nitrogens is 1. The number of hydrogen-bond acceptors (Lipinski definition) is 2. The lowest BCUT2D eigenvalue weighted by Gasteiger charge is -2.28. The van der Waals surface area contributed by atoms with Gasteiger partial charge in [-0.05, 0) is 116 Å². The van der Waals surface area contributed by atoms with Gasteiger partial charge in [-0.3, -0.25) is 0 Å². The Morgan fingerprint density at radius 1 is 0.313 bits per heavy atom. The van der Waals surface area contributed by atoms with E-state index in [0.717, 1.165) is 33.9 Å². The van der Waals surface area contributed by atoms with Crippen molar-refractivity contribution in [3.63, 3.8) is 0 Å². The molecule has 0 aliphatic rings. The van der Waals surface area contributed by atoms with E-state index in [9.17, 15) is 0 Å². The Balaban J connectivity index is 0.932. The minimum absolute atomic E-state index is 1.08. The molecule has 0 spiro atoms. The molecule has 2 nitrogen and oxygen atoms in total. The summed E-state index contributed by atoms with van der Waals surface area (Å²) in [6.07, 6.45) is 0. The SMILES string of the molecule is c1cc(-c2ccc(-c3cccc4ccccc34)cc2)cc(N(c2ccc(-c3cccc(-n4c5ccccc5c5ccccc54)c3)cc2)c2ccccc2-c2cccc3sc4ccccc4c23)c1. The highest BCUT2D eigenvalue weighted by Gasteiger charge is 2.21. The molecule has 11 aromatic carbocycles. The highest BCUT2D eigenvalue weighted by molar-refractivity contribution is 7.25. The topological polar surface area (TPSA) is 8.17 Å². The third-order valence-electron chi connectivity index (χ3n) is 13.4. The second-order valence-corrected chi connectivity index (χ2v) is 18.3. The molecule has 0 N–H and O–H groups in total. The van der Waals surface area contributed by atoms with Crippen LogP contribution in [-0.4, -0.2) is 4.57 Å². The van der Waals surface area contributed by atoms with Crippen LogP contribution >= 0.6 is 11.3 Å². The normalized spacial score (nSPS) is 11.6. The van der Waals surface area contributed by atoms with Gasteiger partial charge in [-0.15, -0.1) is 11.3 Å². The first-order valence-corrected chi connectivity index (χ1v) is 23.7. The predicted octanol–water partition coefficient (Wildman–Crippen LogP) is 18.4. The Hall–Kier alpha value is -8.50. The van der Waals surface area contributed by atoms with Crippen LogP contribution in [0.5, 0.6) is 0 Å². The van der Waals surface area contributed by atoms with E-state index in [2.05, 4.69) is 264 Å². The van der Waals surface area contributed by atoms with Crippen molar-refractivity contribution in [3.8, 4) is 50.2 Å². The monoisotopic (exact) mass is 870 g/mol. The highest BCUT2D eigenvalue weighted by atomic mass is 32.1. The van der Waals surface area contributed by atoms with Gasteiger partial charge in [-0.2, -0.15) is 0 Å². The summed E-state index contributed by atoms with van der Waals surface area (Å²) in [5.74, 6) is 0. The standard InChI is InChI=1S/C64H42N2S/c1-2-21-52-45(15-1)16-13-26-53(52)46-35-33-43(34-36-46)47-17-11-19-50(41-47)65(59-28-7-5-24-56(59)57-27-14-32-63-64(57)58-25-6-10-31-62(58)67-63)49-39-37-44(38-40-49)48-18-12-20-51(42-48)66-60-29-8-3-22-54(60)55-23-4-9-30-61(55)66/h1-42H. The molecule has 2 heterocycles. The Morgan fingerprint density at radius 2 is 0.851 bits per heavy atom. The van der Waals surface area contributed by atoms with Gasteiger partial charge in [0.2, 0.25) is 0 Å². The summed E-state index contributed by atoms with van der Waals surface area (Å²) in [4.78, 5) is 2.44. The molecule has 0 aliphatic carbocycles. The van der Waals surface area contributed by atoms with Gasteiger partial charge in [-0.25, -0.2) is 0 Å². The minimum atomic E-state index is 1.08. The molecule has 0 radical (unpaired) electrons. The first kappa shape index (κ1) is 38.9. The van der Waals surface area contributed by atoms with Gasteiger partial charge in [0.15, 0.2) is 0 Å². The first-order chi connectivity index (χ1) is 33.2. The molecule has 67 heavy (non-hydrogen) atoms. The fraction of sp³-hybridized carbons (Fsp3) is 0. The van der Waals surface area contributed by atoms with Crippen LogP contribution in [0.1, 0.15) is 0 Å². The van der Waals surface area contributed by atoms with Gasteiger partial charge < -0.3 is 9.47 Å². The van der Waals surface area contributed by atoms with Crippen molar-refractivity contribution in [3.05, 3.63) is 255 Å². The minimum Gasteiger partial charge on any atom is -0.310 e. The Bertz CT molecular complexity index is 3930. The zero-order valence-corrected chi connectivity index (χ0v) is 37.4. The summed E-state index contributed by atoms with van der Waals surface area (Å²) in [5, 5.41) is 7.63. The molecule has 0 fully saturated rings. The third-order valence-corrected chi connectivity index (χ3v) is 14.5. The van der Waals surface area contributed by atoms with Crippen molar-refractivity contribution in [2.75, 3.05) is 4.90 Å². The molecule has 13 aromatic rings. The second-order valence-electron chi connectivity index (χ2n) is 17.3. The van der Waals surface area contributed by atoms with Gasteiger partial charge in [0.25, 0.3) is 0 Å². The van der Waals surface area contributed by atoms with Gasteiger partial charge in [0, 0.05) is 53.6 Å². The summed E-state index contributed by atoms with van der Waals surface area (Å²) in [6, 6.07) is 93.2. The van der Waals surface area contributed by atoms with E-state index in [-0.39, 0.29) is 0 Å². The fourth-order valence-corrected chi connectivity index (χ4v) is 11.4. The average Bonchev–Trinajstić information content (AvgIpc) is 3.95. The average molecular weight is 871 g/mol. The molecule has 0 aliphatic heterocycles. The molecule has 0 unspecified atom stereocenters. The highest BCUT2D eigenvalue weighted by Crippen LogP contribution is 2.47. The molecule has 314 valence electrons. The van der Waals surface area contributed by atoms with Crippen LogP contribution in [0, 0.1) is 0 Å². The Morgan fingerprint density at radius 3 is 1.64 bits per heavy atom. The number of thiophene rings is 1. The van der Waals surface area contributed by atoms with Crippen molar-refractivity contribution in [2.45, 2.75) is 0 Å². The van der Waals surface area contributed by atoms with E-state index in [1.165, 1.54) is 86.1 Å². The van der Waals surface area contributed by atoms with E-state index in [0.29, 0.717) is 0 Å². The van der Waals surface area contributed by atoms with Crippen molar-refractivity contribution in [1.29, 1.82) is 0 Å². The van der Waals surface area contributed by atoms with Crippen LogP contribution in [0.4, 0.5) is 17.1 Å². The van der Waals surface area contributed by atoms with Crippen LogP contribution in [0.2, 0.25) is 0 Å². The van der Waals surface area contributed by atoms with Crippen LogP contribution in [0.3, 0.4) is 0 Å². The number of hydrogen-bond donors (Lipinski definition) is 0. The van der Waals surface area contributed by atoms with Gasteiger partial charge >= 0.3 is 0 Å². The van der Waals surface area contributed by atoms with Crippen molar-refractivity contribution < 1.29 is 0 Å². The number of anilines is 3. The molecule has 0 saturated heterocycles. The first-order valence-electron chi connectivity index (χ1n) is 22.9. The van der Waals surface area contributed by atoms with Gasteiger partial charge in [0.05, 0.1) is 16.7 Å². The molecular formula is C64H42N2S. The number of para-hydroxylation sites is 3. The zero-order valence-electron chi connectivity index (χ0n) is 36.6. The summed E-state index contributed by atoms with van der Waals surface area (Å²) in [5.41, 5.74) is 16.4. The van der Waals surface area contributed by atoms with Crippen molar-refractivity contribution >= 4 is 81.1 Å². The molecular weight excluding hydrogens is 829 g/mol. The molecule has 13 rings (SSSR count). The van der Waals surface area contributed by atoms with Crippen LogP contribution < -0.4 is 4.90 Å². The molecule has 0 saturated carbocycles. The summed E-state index contributed by atoms with van der Waals surface area (Å²) >= 11 is 1.86. The quantitative estimate of drug-likeness (QED) is 0.148. The predicted molar refractivity (Wildman–Crippen MR) is 288 cm³/mol. The van der Waals surface area contributed by atoms with E-state index in [1.54, 1.807) is 0 Å². The molecule has 0 atom stereocenters. The third kappa shape index (κ3) is 6.71. The molecule has 0 amide bonds. The second kappa shape index (κ2) is 16.2. The number of benzene rings is 11. The summed E-state index contributed by atoms with van der Waals surface area (Å²) in [6.45, 7) is 0. The summed E-state index contributed by atoms with van der Waals surface area (Å²) in [7, 11) is 0. The fourth-order valence-electron chi connectivity index (χ4n) is 10.3. The maximum Gasteiger partial charge on any atom is 0.0541 e. The van der Waals surface area contributed by atoms with Crippen molar-refractivity contribution in [1.82, 2.24) is 4.57 Å². The number of fused-ring (bicyclic) bond motifs is 7. The van der Waals surface area contributed by atoms with E-state index in [1.807, 2.05) is 11.3 Å². The lowest BCUT2D eigenvalue weighted by Crippen LogP contribution is -2.11. The maximum absolute atomic E-state index is 2.44. The molecule has 0 bridgehead atoms.